The van der Waals surface area contributed by atoms with Crippen LogP contribution in [-0.4, -0.2) is 29.8 Å². The lowest BCUT2D eigenvalue weighted by atomic mass is 9.89. The van der Waals surface area contributed by atoms with Crippen molar-refractivity contribution >= 4 is 33.4 Å². The number of piperidine rings is 1. The number of benzene rings is 1. The van der Waals surface area contributed by atoms with Gasteiger partial charge in [0.2, 0.25) is 11.8 Å². The summed E-state index contributed by atoms with van der Waals surface area (Å²) in [4.78, 5) is 26.8. The Labute approximate surface area is 134 Å². The number of nitrogens with one attached hydrogen (secondary N) is 1. The van der Waals surface area contributed by atoms with E-state index in [4.69, 9.17) is 0 Å². The van der Waals surface area contributed by atoms with E-state index < -0.39 is 5.41 Å². The molecule has 4 nitrogen and oxygen atoms in total. The molecule has 1 heterocycles. The quantitative estimate of drug-likeness (QED) is 0.847. The first kappa shape index (κ1) is 16.0. The first-order valence-corrected chi connectivity index (χ1v) is 8.07. The molecule has 1 aliphatic heterocycles. The van der Waals surface area contributed by atoms with Crippen molar-refractivity contribution in [3.63, 3.8) is 0 Å². The normalized spacial score (nSPS) is 15.7. The molecule has 1 aliphatic rings. The maximum absolute atomic E-state index is 12.6. The van der Waals surface area contributed by atoms with Crippen molar-refractivity contribution in [3.05, 3.63) is 28.7 Å². The van der Waals surface area contributed by atoms with Gasteiger partial charge in [-0.15, -0.1) is 0 Å². The van der Waals surface area contributed by atoms with Gasteiger partial charge in [0.15, 0.2) is 0 Å². The van der Waals surface area contributed by atoms with Crippen molar-refractivity contribution in [3.8, 4) is 0 Å². The first-order chi connectivity index (χ1) is 9.91. The van der Waals surface area contributed by atoms with Crippen molar-refractivity contribution in [1.82, 2.24) is 4.90 Å². The fourth-order valence-electron chi connectivity index (χ4n) is 2.41. The van der Waals surface area contributed by atoms with Crippen LogP contribution in [0.4, 0.5) is 5.69 Å². The Kier molecular flexibility index (Phi) is 5.04. The number of carbonyl (C=O) groups is 2. The number of carbonyl (C=O) groups excluding carboxylic acids is 2. The summed E-state index contributed by atoms with van der Waals surface area (Å²) in [6.07, 6.45) is 3.21. The topological polar surface area (TPSA) is 49.4 Å². The van der Waals surface area contributed by atoms with Crippen LogP contribution in [-0.2, 0) is 9.59 Å². The third-order valence-electron chi connectivity index (χ3n) is 3.85. The summed E-state index contributed by atoms with van der Waals surface area (Å²) >= 11 is 3.35. The van der Waals surface area contributed by atoms with Crippen molar-refractivity contribution in [2.24, 2.45) is 5.41 Å². The number of nitrogens with zero attached hydrogens (tertiary/aromatic N) is 1. The molecule has 0 radical (unpaired) electrons. The van der Waals surface area contributed by atoms with E-state index in [1.165, 1.54) is 0 Å². The van der Waals surface area contributed by atoms with Crippen LogP contribution in [0, 0.1) is 5.41 Å². The summed E-state index contributed by atoms with van der Waals surface area (Å²) in [5.41, 5.74) is -0.354. The predicted octanol–water partition coefficient (Wildman–Crippen LogP) is 3.43. The molecule has 0 saturated carbocycles. The second-order valence-corrected chi connectivity index (χ2v) is 6.85. The molecule has 1 fully saturated rings. The van der Waals surface area contributed by atoms with Crippen LogP contribution < -0.4 is 5.32 Å². The highest BCUT2D eigenvalue weighted by Gasteiger charge is 2.39. The molecule has 114 valence electrons. The maximum atomic E-state index is 12.6. The Hall–Kier alpha value is -1.36. The standard InChI is InChI=1S/C16H21BrN2O2/c1-16(2,15(21)19-10-4-3-5-11-19)14(20)18-13-8-6-12(17)7-9-13/h6-9H,3-5,10-11H2,1-2H3,(H,18,20). The molecular weight excluding hydrogens is 332 g/mol. The van der Waals surface area contributed by atoms with Crippen molar-refractivity contribution in [2.75, 3.05) is 18.4 Å². The van der Waals surface area contributed by atoms with Gasteiger partial charge in [-0.25, -0.2) is 0 Å². The highest BCUT2D eigenvalue weighted by atomic mass is 79.9. The van der Waals surface area contributed by atoms with Crippen LogP contribution in [0.1, 0.15) is 33.1 Å². The van der Waals surface area contributed by atoms with Crippen LogP contribution in [0.3, 0.4) is 0 Å². The molecule has 1 N–H and O–H groups in total. The van der Waals surface area contributed by atoms with Gasteiger partial charge in [0.1, 0.15) is 5.41 Å². The summed E-state index contributed by atoms with van der Waals surface area (Å²) in [5.74, 6) is -0.350. The minimum absolute atomic E-state index is 0.0863. The zero-order chi connectivity index (χ0) is 15.5. The lowest BCUT2D eigenvalue weighted by Gasteiger charge is -2.33. The third-order valence-corrected chi connectivity index (χ3v) is 4.38. The molecule has 0 bridgehead atoms. The zero-order valence-electron chi connectivity index (χ0n) is 12.5. The van der Waals surface area contributed by atoms with Gasteiger partial charge in [-0.3, -0.25) is 9.59 Å². The van der Waals surface area contributed by atoms with E-state index >= 15 is 0 Å². The summed E-state index contributed by atoms with van der Waals surface area (Å²) < 4.78 is 0.948. The van der Waals surface area contributed by atoms with E-state index in [2.05, 4.69) is 21.2 Å². The molecule has 1 aromatic rings. The highest BCUT2D eigenvalue weighted by molar-refractivity contribution is 9.10. The third kappa shape index (κ3) is 3.84. The average Bonchev–Trinajstić information content (AvgIpc) is 2.49. The molecule has 1 aromatic carbocycles. The fraction of sp³-hybridized carbons (Fsp3) is 0.500. The molecule has 0 aromatic heterocycles. The number of hydrogen-bond acceptors (Lipinski definition) is 2. The van der Waals surface area contributed by atoms with Gasteiger partial charge in [0.25, 0.3) is 0 Å². The Morgan fingerprint density at radius 3 is 2.24 bits per heavy atom. The molecule has 0 aliphatic carbocycles. The van der Waals surface area contributed by atoms with E-state index in [0.717, 1.165) is 36.8 Å². The maximum Gasteiger partial charge on any atom is 0.239 e. The first-order valence-electron chi connectivity index (χ1n) is 7.27. The fourth-order valence-corrected chi connectivity index (χ4v) is 2.67. The summed E-state index contributed by atoms with van der Waals surface area (Å²) in [7, 11) is 0. The minimum Gasteiger partial charge on any atom is -0.342 e. The Morgan fingerprint density at radius 2 is 1.67 bits per heavy atom. The summed E-state index contributed by atoms with van der Waals surface area (Å²) in [5, 5.41) is 2.82. The monoisotopic (exact) mass is 352 g/mol. The van der Waals surface area contributed by atoms with E-state index in [-0.39, 0.29) is 11.8 Å². The van der Waals surface area contributed by atoms with Gasteiger partial charge < -0.3 is 10.2 Å². The Balaban J connectivity index is 2.04. The number of anilines is 1. The lowest BCUT2D eigenvalue weighted by Crippen LogP contribution is -2.48. The van der Waals surface area contributed by atoms with Gasteiger partial charge in [0, 0.05) is 23.2 Å². The molecule has 1 saturated heterocycles. The smallest absolute Gasteiger partial charge is 0.239 e. The molecule has 2 amide bonds. The summed E-state index contributed by atoms with van der Waals surface area (Å²) in [6, 6.07) is 7.33. The number of halogens is 1. The van der Waals surface area contributed by atoms with E-state index in [1.807, 2.05) is 29.2 Å². The highest BCUT2D eigenvalue weighted by Crippen LogP contribution is 2.24. The number of amides is 2. The van der Waals surface area contributed by atoms with Crippen LogP contribution >= 0.6 is 15.9 Å². The van der Waals surface area contributed by atoms with Crippen molar-refractivity contribution < 1.29 is 9.59 Å². The van der Waals surface area contributed by atoms with E-state index in [9.17, 15) is 9.59 Å². The lowest BCUT2D eigenvalue weighted by molar-refractivity contribution is -0.147. The van der Waals surface area contributed by atoms with Crippen LogP contribution in [0.2, 0.25) is 0 Å². The van der Waals surface area contributed by atoms with Crippen molar-refractivity contribution in [1.29, 1.82) is 0 Å². The van der Waals surface area contributed by atoms with Gasteiger partial charge in [-0.05, 0) is 57.4 Å². The SMILES string of the molecule is CC(C)(C(=O)Nc1ccc(Br)cc1)C(=O)N1CCCCC1. The molecule has 0 unspecified atom stereocenters. The van der Waals surface area contributed by atoms with Gasteiger partial charge >= 0.3 is 0 Å². The molecule has 5 heteroatoms. The van der Waals surface area contributed by atoms with Crippen LogP contribution in [0.25, 0.3) is 0 Å². The Bertz CT molecular complexity index is 520. The Morgan fingerprint density at radius 1 is 1.10 bits per heavy atom. The van der Waals surface area contributed by atoms with Crippen molar-refractivity contribution in [2.45, 2.75) is 33.1 Å². The van der Waals surface area contributed by atoms with Gasteiger partial charge in [0.05, 0.1) is 0 Å². The molecule has 0 atom stereocenters. The number of likely N-dealkylation sites (tertiary alicyclic amines) is 1. The second kappa shape index (κ2) is 6.60. The van der Waals surface area contributed by atoms with Gasteiger partial charge in [-0.2, -0.15) is 0 Å². The minimum atomic E-state index is -1.05. The van der Waals surface area contributed by atoms with Crippen LogP contribution in [0.5, 0.6) is 0 Å². The molecular formula is C16H21BrN2O2. The number of hydrogen-bond donors (Lipinski definition) is 1. The van der Waals surface area contributed by atoms with E-state index in [1.54, 1.807) is 13.8 Å². The second-order valence-electron chi connectivity index (χ2n) is 5.94. The van der Waals surface area contributed by atoms with Crippen LogP contribution in [0.15, 0.2) is 28.7 Å². The van der Waals surface area contributed by atoms with Gasteiger partial charge in [-0.1, -0.05) is 15.9 Å². The predicted molar refractivity (Wildman–Crippen MR) is 87.0 cm³/mol. The molecule has 2 rings (SSSR count). The zero-order valence-corrected chi connectivity index (χ0v) is 14.1. The average molecular weight is 353 g/mol. The van der Waals surface area contributed by atoms with E-state index in [0.29, 0.717) is 5.69 Å². The molecule has 0 spiro atoms. The summed E-state index contributed by atoms with van der Waals surface area (Å²) in [6.45, 7) is 4.90. The largest absolute Gasteiger partial charge is 0.342 e. The molecule has 21 heavy (non-hydrogen) atoms. The number of rotatable bonds is 3.